The normalized spacial score (nSPS) is 19.3. The van der Waals surface area contributed by atoms with E-state index in [0.717, 1.165) is 37.2 Å². The van der Waals surface area contributed by atoms with E-state index < -0.39 is 0 Å². The maximum atomic E-state index is 12.3. The van der Waals surface area contributed by atoms with Gasteiger partial charge in [-0.1, -0.05) is 11.6 Å². The van der Waals surface area contributed by atoms with E-state index in [2.05, 4.69) is 0 Å². The minimum absolute atomic E-state index is 0.0911. The highest BCUT2D eigenvalue weighted by Crippen LogP contribution is 2.21. The Labute approximate surface area is 113 Å². The van der Waals surface area contributed by atoms with Gasteiger partial charge in [-0.25, -0.2) is 0 Å². The molecule has 98 valence electrons. The van der Waals surface area contributed by atoms with Gasteiger partial charge in [0.15, 0.2) is 0 Å². The maximum absolute atomic E-state index is 12.3. The summed E-state index contributed by atoms with van der Waals surface area (Å²) in [4.78, 5) is 14.2. The number of nitrogens with zero attached hydrogens (tertiary/aromatic N) is 1. The molecule has 3 nitrogen and oxygen atoms in total. The van der Waals surface area contributed by atoms with Gasteiger partial charge in [-0.2, -0.15) is 0 Å². The van der Waals surface area contributed by atoms with Crippen molar-refractivity contribution in [1.29, 1.82) is 0 Å². The first-order chi connectivity index (χ1) is 8.61. The fourth-order valence-electron chi connectivity index (χ4n) is 2.35. The minimum atomic E-state index is 0.0911. The smallest absolute Gasteiger partial charge is 0.253 e. The first kappa shape index (κ1) is 13.4. The Hall–Kier alpha value is -1.06. The number of carbonyl (C=O) groups is 1. The first-order valence-corrected chi connectivity index (χ1v) is 6.54. The summed E-state index contributed by atoms with van der Waals surface area (Å²) < 4.78 is 5.14. The molecule has 1 fully saturated rings. The molecule has 4 heteroatoms. The van der Waals surface area contributed by atoms with Gasteiger partial charge in [0.1, 0.15) is 0 Å². The molecule has 1 aliphatic rings. The summed E-state index contributed by atoms with van der Waals surface area (Å²) in [6, 6.07) is 5.43. The molecule has 0 N–H and O–H groups in total. The highest BCUT2D eigenvalue weighted by Gasteiger charge is 2.26. The number of hydrogen-bond acceptors (Lipinski definition) is 2. The average molecular weight is 268 g/mol. The average Bonchev–Trinajstić information content (AvgIpc) is 2.81. The molecule has 2 rings (SSSR count). The van der Waals surface area contributed by atoms with E-state index in [-0.39, 0.29) is 5.91 Å². The number of aryl methyl sites for hydroxylation is 1. The molecule has 1 saturated heterocycles. The number of halogens is 1. The zero-order valence-electron chi connectivity index (χ0n) is 10.8. The van der Waals surface area contributed by atoms with Crippen LogP contribution in [0.4, 0.5) is 0 Å². The monoisotopic (exact) mass is 267 g/mol. The van der Waals surface area contributed by atoms with Crippen LogP contribution < -0.4 is 0 Å². The summed E-state index contributed by atoms with van der Waals surface area (Å²) in [6.07, 6.45) is 1.02. The molecule has 0 saturated carbocycles. The Kier molecular flexibility index (Phi) is 4.25. The summed E-state index contributed by atoms with van der Waals surface area (Å²) in [5, 5.41) is 0.699. The third kappa shape index (κ3) is 2.85. The molecule has 0 bridgehead atoms. The largest absolute Gasteiger partial charge is 0.384 e. The lowest BCUT2D eigenvalue weighted by Crippen LogP contribution is -2.29. The lowest BCUT2D eigenvalue weighted by atomic mass is 10.1. The van der Waals surface area contributed by atoms with Gasteiger partial charge < -0.3 is 9.64 Å². The lowest BCUT2D eigenvalue weighted by molar-refractivity contribution is 0.0775. The maximum Gasteiger partial charge on any atom is 0.253 e. The summed E-state index contributed by atoms with van der Waals surface area (Å²) >= 11 is 5.97. The second-order valence-electron chi connectivity index (χ2n) is 4.83. The number of amides is 1. The van der Waals surface area contributed by atoms with Gasteiger partial charge >= 0.3 is 0 Å². The summed E-state index contributed by atoms with van der Waals surface area (Å²) in [6.45, 7) is 4.24. The van der Waals surface area contributed by atoms with Crippen LogP contribution in [0, 0.1) is 12.8 Å². The van der Waals surface area contributed by atoms with Crippen molar-refractivity contribution in [3.63, 3.8) is 0 Å². The van der Waals surface area contributed by atoms with E-state index in [0.29, 0.717) is 10.9 Å². The van der Waals surface area contributed by atoms with Gasteiger partial charge in [-0.05, 0) is 37.1 Å². The van der Waals surface area contributed by atoms with Gasteiger partial charge in [-0.3, -0.25) is 4.79 Å². The molecule has 1 atom stereocenters. The summed E-state index contributed by atoms with van der Waals surface area (Å²) in [5.41, 5.74) is 1.66. The Balaban J connectivity index is 2.05. The van der Waals surface area contributed by atoms with Crippen molar-refractivity contribution < 1.29 is 9.53 Å². The lowest BCUT2D eigenvalue weighted by Gasteiger charge is -2.17. The fraction of sp³-hybridized carbons (Fsp3) is 0.500. The number of carbonyl (C=O) groups excluding carboxylic acids is 1. The van der Waals surface area contributed by atoms with Crippen molar-refractivity contribution in [2.45, 2.75) is 13.3 Å². The zero-order chi connectivity index (χ0) is 13.1. The Morgan fingerprint density at radius 1 is 1.56 bits per heavy atom. The number of methoxy groups -OCH3 is 1. The second-order valence-corrected chi connectivity index (χ2v) is 5.23. The van der Waals surface area contributed by atoms with Gasteiger partial charge in [-0.15, -0.1) is 0 Å². The van der Waals surface area contributed by atoms with Crippen LogP contribution in [0.5, 0.6) is 0 Å². The van der Waals surface area contributed by atoms with Crippen molar-refractivity contribution in [2.24, 2.45) is 5.92 Å². The van der Waals surface area contributed by atoms with Gasteiger partial charge in [0.05, 0.1) is 6.61 Å². The van der Waals surface area contributed by atoms with Crippen LogP contribution >= 0.6 is 11.6 Å². The second kappa shape index (κ2) is 5.72. The predicted molar refractivity (Wildman–Crippen MR) is 72.1 cm³/mol. The predicted octanol–water partition coefficient (Wildman–Crippen LogP) is 2.76. The van der Waals surface area contributed by atoms with Crippen LogP contribution in [0.1, 0.15) is 22.3 Å². The summed E-state index contributed by atoms with van der Waals surface area (Å²) in [5.74, 6) is 0.556. The van der Waals surface area contributed by atoms with Crippen molar-refractivity contribution in [2.75, 3.05) is 26.8 Å². The fourth-order valence-corrected chi connectivity index (χ4v) is 2.47. The van der Waals surface area contributed by atoms with Crippen LogP contribution in [0.3, 0.4) is 0 Å². The molecule has 1 heterocycles. The number of hydrogen-bond donors (Lipinski definition) is 0. The van der Waals surface area contributed by atoms with Crippen molar-refractivity contribution in [1.82, 2.24) is 4.90 Å². The Morgan fingerprint density at radius 3 is 3.00 bits per heavy atom. The molecule has 1 unspecified atom stereocenters. The highest BCUT2D eigenvalue weighted by molar-refractivity contribution is 6.31. The molecule has 0 aromatic heterocycles. The molecule has 1 aromatic rings. The number of rotatable bonds is 3. The standard InChI is InChI=1S/C14H18ClNO2/c1-10-7-12(3-4-13(10)15)14(17)16-6-5-11(8-16)9-18-2/h3-4,7,11H,5-6,8-9H2,1-2H3. The van der Waals surface area contributed by atoms with Gasteiger partial charge in [0.25, 0.3) is 5.91 Å². The van der Waals surface area contributed by atoms with E-state index >= 15 is 0 Å². The molecular weight excluding hydrogens is 250 g/mol. The van der Waals surface area contributed by atoms with E-state index in [1.165, 1.54) is 0 Å². The summed E-state index contributed by atoms with van der Waals surface area (Å²) in [7, 11) is 1.70. The third-order valence-corrected chi connectivity index (χ3v) is 3.80. The number of ether oxygens (including phenoxy) is 1. The molecule has 1 aliphatic heterocycles. The number of benzene rings is 1. The molecule has 0 spiro atoms. The van der Waals surface area contributed by atoms with Gasteiger partial charge in [0.2, 0.25) is 0 Å². The van der Waals surface area contributed by atoms with Crippen molar-refractivity contribution in [3.05, 3.63) is 34.3 Å². The molecule has 0 aliphatic carbocycles. The minimum Gasteiger partial charge on any atom is -0.384 e. The zero-order valence-corrected chi connectivity index (χ0v) is 11.5. The van der Waals surface area contributed by atoms with Crippen LogP contribution in [-0.4, -0.2) is 37.6 Å². The van der Waals surface area contributed by atoms with Crippen LogP contribution in [0.2, 0.25) is 5.02 Å². The Bertz CT molecular complexity index is 447. The molecule has 18 heavy (non-hydrogen) atoms. The SMILES string of the molecule is COCC1CCN(C(=O)c2ccc(Cl)c(C)c2)C1. The highest BCUT2D eigenvalue weighted by atomic mass is 35.5. The van der Waals surface area contributed by atoms with Gasteiger partial charge in [0, 0.05) is 36.7 Å². The Morgan fingerprint density at radius 2 is 2.33 bits per heavy atom. The molecule has 1 amide bonds. The van der Waals surface area contributed by atoms with E-state index in [9.17, 15) is 4.79 Å². The molecular formula is C14H18ClNO2. The number of likely N-dealkylation sites (tertiary alicyclic amines) is 1. The van der Waals surface area contributed by atoms with E-state index in [4.69, 9.17) is 16.3 Å². The van der Waals surface area contributed by atoms with Crippen LogP contribution in [-0.2, 0) is 4.74 Å². The van der Waals surface area contributed by atoms with Crippen molar-refractivity contribution in [3.8, 4) is 0 Å². The van der Waals surface area contributed by atoms with Crippen molar-refractivity contribution >= 4 is 17.5 Å². The topological polar surface area (TPSA) is 29.5 Å². The van der Waals surface area contributed by atoms with E-state index in [1.807, 2.05) is 17.9 Å². The first-order valence-electron chi connectivity index (χ1n) is 6.16. The van der Waals surface area contributed by atoms with Crippen LogP contribution in [0.25, 0.3) is 0 Å². The molecule has 0 radical (unpaired) electrons. The quantitative estimate of drug-likeness (QED) is 0.843. The van der Waals surface area contributed by atoms with E-state index in [1.54, 1.807) is 19.2 Å². The molecule has 1 aromatic carbocycles. The van der Waals surface area contributed by atoms with Crippen LogP contribution in [0.15, 0.2) is 18.2 Å². The third-order valence-electron chi connectivity index (χ3n) is 3.38.